The Bertz CT molecular complexity index is 1820. The molecule has 11 nitrogen and oxygen atoms in total. The van der Waals surface area contributed by atoms with Crippen molar-refractivity contribution in [2.45, 2.75) is 69.3 Å². The molecule has 0 unspecified atom stereocenters. The number of nitrogens with two attached hydrogens (primary N) is 2. The molecule has 4 heterocycles. The number of likely N-dealkylation sites (N-methyl/N-ethyl adjacent to an activating group) is 1. The number of fused-ring (bicyclic) bond motifs is 1. The van der Waals surface area contributed by atoms with Gasteiger partial charge in [-0.3, -0.25) is 19.0 Å². The Hall–Kier alpha value is -4.92. The van der Waals surface area contributed by atoms with Gasteiger partial charge in [0.05, 0.1) is 29.1 Å². The summed E-state index contributed by atoms with van der Waals surface area (Å²) in [6.45, 7) is 0.938. The van der Waals surface area contributed by atoms with Crippen molar-refractivity contribution in [1.82, 2.24) is 19.3 Å². The first-order chi connectivity index (χ1) is 22.2. The van der Waals surface area contributed by atoms with E-state index in [1.165, 1.54) is 30.6 Å². The molecular formula is C35H38N6O5. The Labute approximate surface area is 267 Å². The van der Waals surface area contributed by atoms with Gasteiger partial charge < -0.3 is 30.9 Å². The first-order valence-corrected chi connectivity index (χ1v) is 15.6. The standard InChI is InChI=1S/C25H24N4O4.C10H14N2O/c1-28-13-11-25(32,24(28)31)10-8-16-4-2-5-17(14-16)21-20-15-19(33-18-6-3-7-18)9-12-29(20)23(27-21)22(26)30;11-7-8-6-10(4-5-12-8)13-9-2-1-3-9/h2,4-5,9,12,14-15,18,32H,3,6-7,11,13H2,1H3,(H2,26,30);4-6,9H,1-3,7,11H2/t25-;/m0./s1. The smallest absolute Gasteiger partial charge is 0.285 e. The quantitative estimate of drug-likeness (QED) is 0.265. The Balaban J connectivity index is 0.000000238. The Morgan fingerprint density at radius 1 is 1.07 bits per heavy atom. The number of likely N-dealkylation sites (tertiary alicyclic amines) is 1. The van der Waals surface area contributed by atoms with Gasteiger partial charge in [0.15, 0.2) is 0 Å². The SMILES string of the molecule is CN1CC[C@@](O)(C#Cc2cccc(-c3nc(C(N)=O)n4ccc(OC5CCC5)cc34)c2)C1=O.NCc1cc(OC2CCC2)ccn1. The van der Waals surface area contributed by atoms with Crippen molar-refractivity contribution in [3.63, 3.8) is 0 Å². The highest BCUT2D eigenvalue weighted by Gasteiger charge is 2.42. The lowest BCUT2D eigenvalue weighted by atomic mass is 9.96. The fourth-order valence-electron chi connectivity index (χ4n) is 5.42. The van der Waals surface area contributed by atoms with Crippen LogP contribution in [-0.2, 0) is 11.3 Å². The second-order valence-electron chi connectivity index (χ2n) is 12.0. The number of pyridine rings is 2. The van der Waals surface area contributed by atoms with Crippen LogP contribution < -0.4 is 20.9 Å². The van der Waals surface area contributed by atoms with Crippen molar-refractivity contribution in [3.8, 4) is 34.6 Å². The van der Waals surface area contributed by atoms with Crippen LogP contribution in [0.25, 0.3) is 16.8 Å². The lowest BCUT2D eigenvalue weighted by Gasteiger charge is -2.26. The second-order valence-corrected chi connectivity index (χ2v) is 12.0. The third kappa shape index (κ3) is 6.68. The highest BCUT2D eigenvalue weighted by molar-refractivity contribution is 5.94. The Kier molecular flexibility index (Phi) is 8.92. The summed E-state index contributed by atoms with van der Waals surface area (Å²) in [4.78, 5) is 34.3. The lowest BCUT2D eigenvalue weighted by Crippen LogP contribution is -2.37. The predicted molar refractivity (Wildman–Crippen MR) is 172 cm³/mol. The number of aliphatic hydroxyl groups is 1. The van der Waals surface area contributed by atoms with Crippen LogP contribution in [-0.4, -0.2) is 67.6 Å². The number of ether oxygens (including phenoxy) is 2. The zero-order chi connectivity index (χ0) is 32.3. The van der Waals surface area contributed by atoms with Crippen molar-refractivity contribution in [2.24, 2.45) is 11.5 Å². The number of nitrogens with zero attached hydrogens (tertiary/aromatic N) is 4. The summed E-state index contributed by atoms with van der Waals surface area (Å²) >= 11 is 0. The van der Waals surface area contributed by atoms with Gasteiger partial charge in [0.2, 0.25) is 11.4 Å². The van der Waals surface area contributed by atoms with E-state index in [0.717, 1.165) is 29.8 Å². The zero-order valence-electron chi connectivity index (χ0n) is 25.8. The third-order valence-electron chi connectivity index (χ3n) is 8.60. The summed E-state index contributed by atoms with van der Waals surface area (Å²) in [5, 5.41) is 10.6. The number of aromatic nitrogens is 3. The van der Waals surface area contributed by atoms with Crippen LogP contribution in [0.3, 0.4) is 0 Å². The molecule has 2 amide bonds. The number of primary amides is 1. The molecule has 5 N–H and O–H groups in total. The average Bonchev–Trinajstić information content (AvgIpc) is 3.53. The van der Waals surface area contributed by atoms with Crippen LogP contribution in [0.15, 0.2) is 60.9 Å². The molecule has 0 spiro atoms. The Morgan fingerprint density at radius 3 is 2.39 bits per heavy atom. The number of benzene rings is 1. The molecule has 1 atom stereocenters. The molecule has 238 valence electrons. The molecule has 1 aliphatic heterocycles. The van der Waals surface area contributed by atoms with E-state index in [-0.39, 0.29) is 18.3 Å². The molecule has 46 heavy (non-hydrogen) atoms. The molecule has 11 heteroatoms. The molecule has 2 aliphatic carbocycles. The molecular weight excluding hydrogens is 584 g/mol. The van der Waals surface area contributed by atoms with Crippen LogP contribution in [0.1, 0.15) is 66.8 Å². The topological polar surface area (TPSA) is 158 Å². The van der Waals surface area contributed by atoms with E-state index < -0.39 is 17.4 Å². The normalized spacial score (nSPS) is 19.4. The van der Waals surface area contributed by atoms with E-state index in [2.05, 4.69) is 21.8 Å². The van der Waals surface area contributed by atoms with Crippen LogP contribution >= 0.6 is 0 Å². The molecule has 3 aliphatic rings. The van der Waals surface area contributed by atoms with Crippen molar-refractivity contribution >= 4 is 17.3 Å². The molecule has 1 saturated heterocycles. The van der Waals surface area contributed by atoms with E-state index in [1.54, 1.807) is 36.0 Å². The van der Waals surface area contributed by atoms with Crippen molar-refractivity contribution in [3.05, 3.63) is 78.0 Å². The fourth-order valence-corrected chi connectivity index (χ4v) is 5.42. The summed E-state index contributed by atoms with van der Waals surface area (Å²) < 4.78 is 13.4. The molecule has 7 rings (SSSR count). The maximum Gasteiger partial charge on any atom is 0.285 e. The molecule has 4 aromatic rings. The van der Waals surface area contributed by atoms with Gasteiger partial charge in [-0.05, 0) is 62.8 Å². The van der Waals surface area contributed by atoms with Crippen molar-refractivity contribution < 1.29 is 24.2 Å². The molecule has 2 saturated carbocycles. The number of carbonyl (C=O) groups excluding carboxylic acids is 2. The summed E-state index contributed by atoms with van der Waals surface area (Å²) in [7, 11) is 1.64. The maximum atomic E-state index is 12.2. The van der Waals surface area contributed by atoms with Gasteiger partial charge in [0.25, 0.3) is 11.8 Å². The maximum absolute atomic E-state index is 12.2. The number of amides is 2. The lowest BCUT2D eigenvalue weighted by molar-refractivity contribution is -0.137. The highest BCUT2D eigenvalue weighted by atomic mass is 16.5. The second kappa shape index (κ2) is 13.2. The van der Waals surface area contributed by atoms with Gasteiger partial charge >= 0.3 is 0 Å². The minimum atomic E-state index is -1.67. The first kappa shape index (κ1) is 31.1. The summed E-state index contributed by atoms with van der Waals surface area (Å²) in [6, 6.07) is 14.8. The average molecular weight is 623 g/mol. The minimum Gasteiger partial charge on any atom is -0.490 e. The number of rotatable bonds is 7. The van der Waals surface area contributed by atoms with E-state index in [1.807, 2.05) is 36.4 Å². The van der Waals surface area contributed by atoms with Gasteiger partial charge in [0, 0.05) is 62.2 Å². The van der Waals surface area contributed by atoms with Crippen molar-refractivity contribution in [1.29, 1.82) is 0 Å². The van der Waals surface area contributed by atoms with Crippen molar-refractivity contribution in [2.75, 3.05) is 13.6 Å². The van der Waals surface area contributed by atoms with Crippen LogP contribution in [0.4, 0.5) is 0 Å². The minimum absolute atomic E-state index is 0.126. The highest BCUT2D eigenvalue weighted by Crippen LogP contribution is 2.31. The predicted octanol–water partition coefficient (Wildman–Crippen LogP) is 3.45. The number of hydrogen-bond acceptors (Lipinski definition) is 8. The summed E-state index contributed by atoms with van der Waals surface area (Å²) in [6.07, 6.45) is 11.3. The molecule has 0 bridgehead atoms. The molecule has 1 aromatic carbocycles. The third-order valence-corrected chi connectivity index (χ3v) is 8.60. The monoisotopic (exact) mass is 622 g/mol. The number of imidazole rings is 1. The van der Waals surface area contributed by atoms with Crippen LogP contribution in [0, 0.1) is 11.8 Å². The van der Waals surface area contributed by atoms with Gasteiger partial charge in [-0.15, -0.1) is 0 Å². The summed E-state index contributed by atoms with van der Waals surface area (Å²) in [5.41, 5.74) is 12.9. The number of hydrogen-bond donors (Lipinski definition) is 3. The van der Waals surface area contributed by atoms with E-state index >= 15 is 0 Å². The largest absolute Gasteiger partial charge is 0.490 e. The van der Waals surface area contributed by atoms with E-state index in [4.69, 9.17) is 20.9 Å². The Morgan fingerprint density at radius 2 is 1.78 bits per heavy atom. The molecule has 3 fully saturated rings. The van der Waals surface area contributed by atoms with Gasteiger partial charge in [0.1, 0.15) is 11.5 Å². The number of carbonyl (C=O) groups is 2. The van der Waals surface area contributed by atoms with Crippen LogP contribution in [0.5, 0.6) is 11.5 Å². The van der Waals surface area contributed by atoms with E-state index in [0.29, 0.717) is 41.7 Å². The first-order valence-electron chi connectivity index (χ1n) is 15.6. The summed E-state index contributed by atoms with van der Waals surface area (Å²) in [5.74, 6) is 6.37. The zero-order valence-corrected chi connectivity index (χ0v) is 25.8. The van der Waals surface area contributed by atoms with Gasteiger partial charge in [-0.2, -0.15) is 0 Å². The molecule has 0 radical (unpaired) electrons. The molecule has 3 aromatic heterocycles. The van der Waals surface area contributed by atoms with Crippen LogP contribution in [0.2, 0.25) is 0 Å². The van der Waals surface area contributed by atoms with Gasteiger partial charge in [-0.25, -0.2) is 4.98 Å². The van der Waals surface area contributed by atoms with Gasteiger partial charge in [-0.1, -0.05) is 24.0 Å². The fraction of sp³-hybridized carbons (Fsp3) is 0.371. The van der Waals surface area contributed by atoms with E-state index in [9.17, 15) is 14.7 Å².